The van der Waals surface area contributed by atoms with E-state index in [9.17, 15) is 9.18 Å². The predicted octanol–water partition coefficient (Wildman–Crippen LogP) is 3.48. The number of nitrogen functional groups attached to an aromatic ring is 1. The lowest BCUT2D eigenvalue weighted by Crippen LogP contribution is -2.28. The number of halogens is 1. The molecule has 9 heteroatoms. The molecule has 2 bridgehead atoms. The minimum Gasteiger partial charge on any atom is -0.482 e. The number of benzene rings is 1. The first-order valence-electron chi connectivity index (χ1n) is 12.6. The molecule has 152 valence electrons. The summed E-state index contributed by atoms with van der Waals surface area (Å²) in [5, 5.41) is 4.16. The first-order chi connectivity index (χ1) is 17.6. The van der Waals surface area contributed by atoms with Gasteiger partial charge in [-0.05, 0) is 36.7 Å². The molecule has 0 spiro atoms. The Morgan fingerprint density at radius 1 is 1.47 bits per heavy atom. The van der Waals surface area contributed by atoms with Crippen molar-refractivity contribution < 1.29 is 24.9 Å². The van der Waals surface area contributed by atoms with E-state index < -0.39 is 84.4 Å². The first kappa shape index (κ1) is 11.9. The fraction of sp³-hybridized carbons (Fsp3) is 0.238. The number of hydrogen-bond acceptors (Lipinski definition) is 5. The maximum atomic E-state index is 14.8. The maximum Gasteiger partial charge on any atom is 0.260 e. The Balaban J connectivity index is 2.20. The quantitative estimate of drug-likeness (QED) is 0.569. The molecular weight excluding hydrogens is 387 g/mol. The lowest BCUT2D eigenvalue weighted by molar-refractivity contribution is 0.0778. The van der Waals surface area contributed by atoms with E-state index in [1.165, 1.54) is 14.0 Å². The second-order valence-electron chi connectivity index (χ2n) is 6.45. The van der Waals surface area contributed by atoms with E-state index in [-0.39, 0.29) is 22.6 Å². The number of carbonyl (C=O) groups is 1. The second kappa shape index (κ2) is 7.15. The number of fused-ring (bicyclic) bond motifs is 5. The SMILES string of the molecule is [2H]c1nc(N)c2c([2H])c1-c1c(nn(C)c1[N+]#[C-])CN(C([2H])([2H])[2H])C(=O)c1c([2H])c([2H])c(F)c([2H])c1[C@@H](C)O2. The molecule has 30 heavy (non-hydrogen) atoms. The standard InChI is InChI=1S/C21H19FN6O2/c1-11-15-8-13(22)5-6-14(15)21(29)27(3)10-16-18(20(24-2)28(4)26-16)12-7-17(30-11)19(23)25-9-12/h5-9,11H,10H2,1,3-4H3,(H2,23,25)/t11-/m1/s1/i3D3,5D,6D,7D,8D,9D. The van der Waals surface area contributed by atoms with Crippen LogP contribution >= 0.6 is 0 Å². The highest BCUT2D eigenvalue weighted by atomic mass is 19.1. The van der Waals surface area contributed by atoms with Crippen LogP contribution in [0.5, 0.6) is 5.75 Å². The van der Waals surface area contributed by atoms with Crippen LogP contribution in [0.3, 0.4) is 0 Å². The molecule has 2 N–H and O–H groups in total. The van der Waals surface area contributed by atoms with Gasteiger partial charge in [0.1, 0.15) is 17.6 Å². The molecule has 1 aromatic carbocycles. The van der Waals surface area contributed by atoms with Crippen LogP contribution in [0.2, 0.25) is 0 Å². The Hall–Kier alpha value is -3.93. The van der Waals surface area contributed by atoms with Crippen LogP contribution in [0.4, 0.5) is 16.0 Å². The number of anilines is 1. The van der Waals surface area contributed by atoms with Gasteiger partial charge in [-0.1, -0.05) is 6.57 Å². The normalized spacial score (nSPS) is 20.1. The zero-order valence-corrected chi connectivity index (χ0v) is 15.8. The smallest absolute Gasteiger partial charge is 0.260 e. The Bertz CT molecular complexity index is 1570. The van der Waals surface area contributed by atoms with Gasteiger partial charge in [-0.15, -0.1) is 5.10 Å². The fourth-order valence-corrected chi connectivity index (χ4v) is 3.11. The van der Waals surface area contributed by atoms with Gasteiger partial charge in [0, 0.05) is 34.0 Å². The summed E-state index contributed by atoms with van der Waals surface area (Å²) >= 11 is 0. The second-order valence-corrected chi connectivity index (χ2v) is 6.45. The number of rotatable bonds is 0. The number of carbonyl (C=O) groups excluding carboxylic acids is 1. The minimum atomic E-state index is -3.17. The maximum absolute atomic E-state index is 14.8. The van der Waals surface area contributed by atoms with Crippen molar-refractivity contribution in [3.8, 4) is 16.9 Å². The van der Waals surface area contributed by atoms with Gasteiger partial charge in [0.05, 0.1) is 20.4 Å². The Labute approximate surface area is 183 Å². The molecule has 3 heterocycles. The van der Waals surface area contributed by atoms with Crippen LogP contribution in [0.15, 0.2) is 30.3 Å². The monoisotopic (exact) mass is 414 g/mol. The average molecular weight is 414 g/mol. The highest BCUT2D eigenvalue weighted by Crippen LogP contribution is 2.38. The van der Waals surface area contributed by atoms with E-state index in [2.05, 4.69) is 14.9 Å². The molecule has 2 aromatic heterocycles. The van der Waals surface area contributed by atoms with Crippen LogP contribution in [-0.2, 0) is 13.6 Å². The molecule has 0 saturated heterocycles. The minimum absolute atomic E-state index is 0.141. The lowest BCUT2D eigenvalue weighted by Gasteiger charge is -2.23. The molecule has 0 radical (unpaired) electrons. The Morgan fingerprint density at radius 3 is 3.00 bits per heavy atom. The third-order valence-corrected chi connectivity index (χ3v) is 4.48. The molecule has 8 nitrogen and oxygen atoms in total. The van der Waals surface area contributed by atoms with E-state index in [0.29, 0.717) is 4.90 Å². The van der Waals surface area contributed by atoms with Crippen LogP contribution in [0, 0.1) is 12.4 Å². The molecule has 0 unspecified atom stereocenters. The number of pyridine rings is 1. The Kier molecular flexibility index (Phi) is 2.84. The summed E-state index contributed by atoms with van der Waals surface area (Å²) < 4.78 is 87.1. The van der Waals surface area contributed by atoms with Crippen LogP contribution in [0.1, 0.15) is 45.6 Å². The van der Waals surface area contributed by atoms with Gasteiger partial charge >= 0.3 is 0 Å². The average Bonchev–Trinajstić information content (AvgIpc) is 3.13. The summed E-state index contributed by atoms with van der Waals surface area (Å²) in [5.74, 6) is -3.79. The predicted molar refractivity (Wildman–Crippen MR) is 108 cm³/mol. The van der Waals surface area contributed by atoms with E-state index in [1.54, 1.807) is 0 Å². The van der Waals surface area contributed by atoms with Crippen molar-refractivity contribution in [3.63, 3.8) is 0 Å². The van der Waals surface area contributed by atoms with Crippen molar-refractivity contribution in [1.82, 2.24) is 19.7 Å². The van der Waals surface area contributed by atoms with Crippen LogP contribution in [0.25, 0.3) is 16.0 Å². The van der Waals surface area contributed by atoms with Gasteiger partial charge in [0.25, 0.3) is 11.7 Å². The zero-order valence-electron chi connectivity index (χ0n) is 23.8. The summed E-state index contributed by atoms with van der Waals surface area (Å²) in [7, 11) is 1.37. The van der Waals surface area contributed by atoms with Gasteiger partial charge in [-0.2, -0.15) is 0 Å². The number of nitrogens with two attached hydrogens (primary N) is 1. The first-order valence-corrected chi connectivity index (χ1v) is 8.59. The summed E-state index contributed by atoms with van der Waals surface area (Å²) in [4.78, 5) is 21.4. The molecule has 1 aliphatic rings. The molecule has 3 aromatic rings. The van der Waals surface area contributed by atoms with Crippen LogP contribution in [-0.4, -0.2) is 32.5 Å². The van der Waals surface area contributed by atoms with Gasteiger partial charge in [0.15, 0.2) is 11.6 Å². The zero-order chi connectivity index (χ0) is 28.4. The van der Waals surface area contributed by atoms with Crippen molar-refractivity contribution in [1.29, 1.82) is 0 Å². The molecule has 0 fully saturated rings. The lowest BCUT2D eigenvalue weighted by atomic mass is 10.0. The third kappa shape index (κ3) is 3.12. The summed E-state index contributed by atoms with van der Waals surface area (Å²) in [6, 6.07) is -3.56. The van der Waals surface area contributed by atoms with Gasteiger partial charge < -0.3 is 20.2 Å². The van der Waals surface area contributed by atoms with Crippen molar-refractivity contribution >= 4 is 17.5 Å². The number of ether oxygens (including phenoxy) is 1. The molecule has 1 amide bonds. The van der Waals surface area contributed by atoms with Crippen LogP contribution < -0.4 is 10.5 Å². The molecule has 0 saturated carbocycles. The van der Waals surface area contributed by atoms with E-state index in [1.807, 2.05) is 0 Å². The number of hydrogen-bond donors (Lipinski definition) is 1. The number of aryl methyl sites for hydroxylation is 1. The third-order valence-electron chi connectivity index (χ3n) is 4.48. The van der Waals surface area contributed by atoms with Gasteiger partial charge in [-0.25, -0.2) is 14.1 Å². The molecule has 1 aliphatic heterocycles. The summed E-state index contributed by atoms with van der Waals surface area (Å²) in [6.07, 6.45) is -2.01. The van der Waals surface area contributed by atoms with E-state index in [0.717, 1.165) is 4.68 Å². The van der Waals surface area contributed by atoms with Crippen molar-refractivity contribution in [2.45, 2.75) is 19.6 Å². The van der Waals surface area contributed by atoms with Crippen molar-refractivity contribution in [2.24, 2.45) is 7.05 Å². The van der Waals surface area contributed by atoms with Crippen molar-refractivity contribution in [3.05, 3.63) is 64.4 Å². The molecule has 1 atom stereocenters. The number of aromatic nitrogens is 3. The van der Waals surface area contributed by atoms with E-state index in [4.69, 9.17) is 28.0 Å². The highest BCUT2D eigenvalue weighted by molar-refractivity contribution is 5.96. The summed E-state index contributed by atoms with van der Waals surface area (Å²) in [5.41, 5.74) is 4.03. The number of amides is 1. The van der Waals surface area contributed by atoms with Gasteiger partial charge in [-0.3, -0.25) is 4.79 Å². The molecular formula is C21H19FN6O2. The number of nitrogens with zero attached hydrogens (tertiary/aromatic N) is 5. The van der Waals surface area contributed by atoms with Crippen molar-refractivity contribution in [2.75, 3.05) is 12.7 Å². The topological polar surface area (TPSA) is 90.6 Å². The largest absolute Gasteiger partial charge is 0.482 e. The summed E-state index contributed by atoms with van der Waals surface area (Å²) in [6.45, 7) is 4.90. The molecule has 4 rings (SSSR count). The highest BCUT2D eigenvalue weighted by Gasteiger charge is 2.27. The van der Waals surface area contributed by atoms with E-state index >= 15 is 0 Å². The van der Waals surface area contributed by atoms with Gasteiger partial charge in [0.2, 0.25) is 0 Å². The Morgan fingerprint density at radius 2 is 2.27 bits per heavy atom. The fourth-order valence-electron chi connectivity index (χ4n) is 3.11. The molecule has 0 aliphatic carbocycles.